The first-order valence-corrected chi connectivity index (χ1v) is 14.0. The summed E-state index contributed by atoms with van der Waals surface area (Å²) in [4.78, 5) is 22.5. The molecule has 0 aliphatic rings. The molecule has 0 saturated heterocycles. The molecule has 2 aromatic heterocycles. The summed E-state index contributed by atoms with van der Waals surface area (Å²) in [6.07, 6.45) is 3.13. The number of benzene rings is 1. The number of hydrazone groups is 1. The number of nitro groups is 1. The van der Waals surface area contributed by atoms with Gasteiger partial charge in [-0.05, 0) is 42.7 Å². The van der Waals surface area contributed by atoms with Crippen molar-refractivity contribution in [2.24, 2.45) is 5.10 Å². The van der Waals surface area contributed by atoms with Crippen molar-refractivity contribution in [3.63, 3.8) is 0 Å². The zero-order valence-electron chi connectivity index (χ0n) is 19.0. The molecule has 0 bridgehead atoms. The van der Waals surface area contributed by atoms with Crippen LogP contribution in [0.15, 0.2) is 63.6 Å². The van der Waals surface area contributed by atoms with Crippen LogP contribution in [-0.4, -0.2) is 49.8 Å². The molecule has 3 rings (SSSR count). The summed E-state index contributed by atoms with van der Waals surface area (Å²) >= 11 is 0. The Bertz CT molecular complexity index is 1510. The lowest BCUT2D eigenvalue weighted by molar-refractivity contribution is -0.384. The van der Waals surface area contributed by atoms with Crippen LogP contribution in [0.4, 0.5) is 5.69 Å². The van der Waals surface area contributed by atoms with Crippen LogP contribution < -0.4 is 5.43 Å². The van der Waals surface area contributed by atoms with Crippen molar-refractivity contribution in [3.05, 3.63) is 70.0 Å². The van der Waals surface area contributed by atoms with Crippen LogP contribution in [0, 0.1) is 10.1 Å². The molecule has 0 atom stereocenters. The average Bonchev–Trinajstić information content (AvgIpc) is 3.16. The second kappa shape index (κ2) is 10.4. The molecule has 0 aliphatic carbocycles. The Kier molecular flexibility index (Phi) is 7.70. The number of nitro benzene ring substituents is 1. The van der Waals surface area contributed by atoms with Crippen LogP contribution in [0.25, 0.3) is 5.52 Å². The van der Waals surface area contributed by atoms with E-state index in [1.54, 1.807) is 26.0 Å². The third-order valence-corrected chi connectivity index (χ3v) is 9.10. The number of nitrogens with zero attached hydrogens (tertiary/aromatic N) is 3. The summed E-state index contributed by atoms with van der Waals surface area (Å²) in [7, 11) is -8.18. The predicted molar refractivity (Wildman–Crippen MR) is 130 cm³/mol. The Hall–Kier alpha value is -3.58. The highest BCUT2D eigenvalue weighted by molar-refractivity contribution is 7.94. The lowest BCUT2D eigenvalue weighted by Gasteiger charge is -2.08. The normalized spacial score (nSPS) is 12.3. The standard InChI is InChI=1S/C22H24N4O7S2/c1-3-13-34(30,31)20-18-7-5-6-12-25(18)19(21(20)35(32,33)14-4-2)22(27)24-23-15-16-8-10-17(11-9-16)26(28)29/h5-12,15H,3-4,13-14H2,1-2H3,(H,24,27)/b23-15+. The average molecular weight is 521 g/mol. The van der Waals surface area contributed by atoms with Crippen molar-refractivity contribution in [3.8, 4) is 0 Å². The molecule has 11 nitrogen and oxygen atoms in total. The molecule has 0 saturated carbocycles. The van der Waals surface area contributed by atoms with E-state index in [0.717, 1.165) is 0 Å². The van der Waals surface area contributed by atoms with Crippen LogP contribution in [0.1, 0.15) is 42.7 Å². The molecule has 0 radical (unpaired) electrons. The highest BCUT2D eigenvalue weighted by Crippen LogP contribution is 2.34. The van der Waals surface area contributed by atoms with Gasteiger partial charge in [0.15, 0.2) is 19.7 Å². The first-order valence-electron chi connectivity index (χ1n) is 10.7. The summed E-state index contributed by atoms with van der Waals surface area (Å²) in [5, 5.41) is 14.6. The molecule has 2 heterocycles. The summed E-state index contributed by atoms with van der Waals surface area (Å²) in [5.74, 6) is -1.54. The van der Waals surface area contributed by atoms with E-state index in [-0.39, 0.29) is 41.2 Å². The van der Waals surface area contributed by atoms with Crippen molar-refractivity contribution >= 4 is 43.0 Å². The number of pyridine rings is 1. The molecular weight excluding hydrogens is 496 g/mol. The van der Waals surface area contributed by atoms with Gasteiger partial charge in [-0.15, -0.1) is 0 Å². The van der Waals surface area contributed by atoms with Gasteiger partial charge in [0.25, 0.3) is 11.6 Å². The lowest BCUT2D eigenvalue weighted by Crippen LogP contribution is -2.23. The third kappa shape index (κ3) is 5.41. The van der Waals surface area contributed by atoms with Gasteiger partial charge in [-0.1, -0.05) is 19.9 Å². The van der Waals surface area contributed by atoms with E-state index in [0.29, 0.717) is 5.56 Å². The van der Waals surface area contributed by atoms with E-state index in [9.17, 15) is 31.7 Å². The third-order valence-electron chi connectivity index (χ3n) is 5.02. The van der Waals surface area contributed by atoms with Crippen LogP contribution in [0.2, 0.25) is 0 Å². The van der Waals surface area contributed by atoms with Crippen molar-refractivity contribution in [2.45, 2.75) is 36.5 Å². The monoisotopic (exact) mass is 520 g/mol. The number of hydrogen-bond donors (Lipinski definition) is 1. The number of fused-ring (bicyclic) bond motifs is 1. The molecule has 0 aliphatic heterocycles. The van der Waals surface area contributed by atoms with E-state index < -0.39 is 40.3 Å². The maximum absolute atomic E-state index is 13.2. The Morgan fingerprint density at radius 3 is 2.17 bits per heavy atom. The first kappa shape index (κ1) is 26.0. The topological polar surface area (TPSA) is 157 Å². The molecule has 1 amide bonds. The van der Waals surface area contributed by atoms with Gasteiger partial charge in [-0.2, -0.15) is 5.10 Å². The SMILES string of the molecule is CCCS(=O)(=O)c1c(S(=O)(=O)CCC)c2ccccn2c1C(=O)N/N=C/c1ccc([N+](=O)[O-])cc1. The van der Waals surface area contributed by atoms with E-state index in [4.69, 9.17) is 0 Å². The molecule has 1 aromatic carbocycles. The quantitative estimate of drug-likeness (QED) is 0.244. The number of non-ortho nitro benzene ring substituents is 1. The van der Waals surface area contributed by atoms with Crippen LogP contribution >= 0.6 is 0 Å². The molecule has 3 aromatic rings. The largest absolute Gasteiger partial charge is 0.310 e. The Morgan fingerprint density at radius 2 is 1.60 bits per heavy atom. The van der Waals surface area contributed by atoms with Gasteiger partial charge in [0.2, 0.25) is 0 Å². The van der Waals surface area contributed by atoms with Gasteiger partial charge in [0.1, 0.15) is 15.5 Å². The van der Waals surface area contributed by atoms with Crippen LogP contribution in [0.3, 0.4) is 0 Å². The number of hydrogen-bond acceptors (Lipinski definition) is 8. The number of carbonyl (C=O) groups is 1. The highest BCUT2D eigenvalue weighted by Gasteiger charge is 2.36. The summed E-state index contributed by atoms with van der Waals surface area (Å²) in [6, 6.07) is 9.94. The Balaban J connectivity index is 2.13. The van der Waals surface area contributed by atoms with Gasteiger partial charge >= 0.3 is 0 Å². The number of carbonyl (C=O) groups excluding carboxylic acids is 1. The zero-order valence-corrected chi connectivity index (χ0v) is 20.7. The summed E-state index contributed by atoms with van der Waals surface area (Å²) in [5.41, 5.74) is 2.30. The number of sulfone groups is 2. The van der Waals surface area contributed by atoms with E-state index in [2.05, 4.69) is 10.5 Å². The van der Waals surface area contributed by atoms with Crippen molar-refractivity contribution in [1.29, 1.82) is 0 Å². The maximum atomic E-state index is 13.2. The van der Waals surface area contributed by atoms with Crippen molar-refractivity contribution < 1.29 is 26.6 Å². The smallest absolute Gasteiger partial charge is 0.289 e. The molecule has 186 valence electrons. The molecule has 0 fully saturated rings. The minimum Gasteiger partial charge on any atom is -0.310 e. The number of nitrogens with one attached hydrogen (secondary N) is 1. The van der Waals surface area contributed by atoms with Crippen molar-refractivity contribution in [1.82, 2.24) is 9.83 Å². The van der Waals surface area contributed by atoms with E-state index >= 15 is 0 Å². The molecule has 0 unspecified atom stereocenters. The van der Waals surface area contributed by atoms with Gasteiger partial charge in [0, 0.05) is 18.3 Å². The summed E-state index contributed by atoms with van der Waals surface area (Å²) in [6.45, 7) is 3.30. The fourth-order valence-corrected chi connectivity index (χ4v) is 7.58. The van der Waals surface area contributed by atoms with Gasteiger partial charge in [-0.25, -0.2) is 22.3 Å². The zero-order chi connectivity index (χ0) is 25.8. The van der Waals surface area contributed by atoms with Crippen LogP contribution in [-0.2, 0) is 19.7 Å². The van der Waals surface area contributed by atoms with Crippen LogP contribution in [0.5, 0.6) is 0 Å². The van der Waals surface area contributed by atoms with Gasteiger partial charge in [0.05, 0.1) is 28.2 Å². The maximum Gasteiger partial charge on any atom is 0.289 e. The number of rotatable bonds is 10. The summed E-state index contributed by atoms with van der Waals surface area (Å²) < 4.78 is 54.0. The van der Waals surface area contributed by atoms with Gasteiger partial charge < -0.3 is 4.40 Å². The minimum absolute atomic E-state index is 0.0835. The number of amides is 1. The molecule has 13 heteroatoms. The molecule has 35 heavy (non-hydrogen) atoms. The first-order chi connectivity index (χ1) is 16.5. The van der Waals surface area contributed by atoms with Crippen molar-refractivity contribution in [2.75, 3.05) is 11.5 Å². The fourth-order valence-electron chi connectivity index (χ4n) is 3.60. The fraction of sp³-hybridized carbons (Fsp3) is 0.273. The molecule has 1 N–H and O–H groups in total. The Labute approximate surface area is 202 Å². The van der Waals surface area contributed by atoms with Gasteiger partial charge in [-0.3, -0.25) is 14.9 Å². The minimum atomic E-state index is -4.15. The highest BCUT2D eigenvalue weighted by atomic mass is 32.2. The lowest BCUT2D eigenvalue weighted by atomic mass is 10.2. The van der Waals surface area contributed by atoms with E-state index in [1.165, 1.54) is 47.1 Å². The van der Waals surface area contributed by atoms with E-state index in [1.807, 2.05) is 0 Å². The molecule has 0 spiro atoms. The Morgan fingerprint density at radius 1 is 1.00 bits per heavy atom. The second-order valence-corrected chi connectivity index (χ2v) is 11.7. The predicted octanol–water partition coefficient (Wildman–Crippen LogP) is 2.98. The number of aromatic nitrogens is 1. The second-order valence-electron chi connectivity index (χ2n) is 7.65. The molecular formula is C22H24N4O7S2.